The lowest BCUT2D eigenvalue weighted by Gasteiger charge is -2.27. The number of carbonyl (C=O) groups is 1. The summed E-state index contributed by atoms with van der Waals surface area (Å²) in [6, 6.07) is 15.4. The Kier molecular flexibility index (Phi) is 5.11. The Morgan fingerprint density at radius 1 is 1.14 bits per heavy atom. The number of aromatic hydroxyl groups is 1. The molecule has 29 heavy (non-hydrogen) atoms. The van der Waals surface area contributed by atoms with Crippen LogP contribution in [0.2, 0.25) is 0 Å². The number of nitrogens with two attached hydrogens (primary N) is 1. The Labute approximate surface area is 170 Å². The van der Waals surface area contributed by atoms with Crippen molar-refractivity contribution >= 4 is 28.2 Å². The maximum atomic E-state index is 12.3. The molecular formula is C23H26N4O2. The number of fused-ring (bicyclic) bond motifs is 1. The maximum Gasteiger partial charge on any atom is 0.230 e. The van der Waals surface area contributed by atoms with E-state index in [9.17, 15) is 9.90 Å². The summed E-state index contributed by atoms with van der Waals surface area (Å²) in [4.78, 5) is 19.7. The number of anilines is 1. The van der Waals surface area contributed by atoms with Crippen LogP contribution in [-0.4, -0.2) is 52.4 Å². The molecule has 0 unspecified atom stereocenters. The Morgan fingerprint density at radius 3 is 2.48 bits per heavy atom. The molecule has 3 N–H and O–H groups in total. The zero-order valence-electron chi connectivity index (χ0n) is 16.8. The van der Waals surface area contributed by atoms with Crippen LogP contribution in [0.5, 0.6) is 5.88 Å². The van der Waals surface area contributed by atoms with E-state index in [0.29, 0.717) is 22.5 Å². The predicted octanol–water partition coefficient (Wildman–Crippen LogP) is 3.52. The van der Waals surface area contributed by atoms with Gasteiger partial charge in [-0.1, -0.05) is 30.3 Å². The first-order valence-electron chi connectivity index (χ1n) is 9.91. The van der Waals surface area contributed by atoms with E-state index in [2.05, 4.69) is 11.9 Å². The number of rotatable bonds is 3. The first kappa shape index (κ1) is 19.2. The number of aromatic nitrogens is 1. The average Bonchev–Trinajstić information content (AvgIpc) is 2.99. The molecule has 2 heterocycles. The first-order valence-corrected chi connectivity index (χ1v) is 9.91. The van der Waals surface area contributed by atoms with Crippen molar-refractivity contribution in [3.63, 3.8) is 0 Å². The molecule has 1 fully saturated rings. The van der Waals surface area contributed by atoms with Gasteiger partial charge in [0.1, 0.15) is 0 Å². The minimum atomic E-state index is -0.268. The van der Waals surface area contributed by atoms with Crippen molar-refractivity contribution in [2.75, 3.05) is 25.9 Å². The van der Waals surface area contributed by atoms with Gasteiger partial charge < -0.3 is 15.7 Å². The highest BCUT2D eigenvalue weighted by molar-refractivity contribution is 6.22. The molecule has 0 radical (unpaired) electrons. The number of piperidine rings is 1. The topological polar surface area (TPSA) is 83.9 Å². The summed E-state index contributed by atoms with van der Waals surface area (Å²) in [5, 5.41) is 11.9. The van der Waals surface area contributed by atoms with Crippen LogP contribution in [0.15, 0.2) is 53.5 Å². The van der Waals surface area contributed by atoms with E-state index in [1.165, 1.54) is 11.5 Å². The van der Waals surface area contributed by atoms with E-state index in [4.69, 9.17) is 10.7 Å². The van der Waals surface area contributed by atoms with Gasteiger partial charge in [0.2, 0.25) is 11.8 Å². The molecule has 2 aromatic carbocycles. The van der Waals surface area contributed by atoms with Gasteiger partial charge in [-0.3, -0.25) is 14.4 Å². The smallest absolute Gasteiger partial charge is 0.230 e. The molecule has 0 saturated carbocycles. The van der Waals surface area contributed by atoms with Crippen molar-refractivity contribution < 1.29 is 9.90 Å². The largest absolute Gasteiger partial charge is 0.494 e. The van der Waals surface area contributed by atoms with E-state index >= 15 is 0 Å². The number of hydrogen-bond donors (Lipinski definition) is 2. The number of benzene rings is 2. The lowest BCUT2D eigenvalue weighted by Crippen LogP contribution is -2.32. The van der Waals surface area contributed by atoms with Crippen molar-refractivity contribution in [1.29, 1.82) is 0 Å². The second-order valence-electron chi connectivity index (χ2n) is 7.71. The number of nitrogens with zero attached hydrogens (tertiary/aromatic N) is 3. The molecule has 150 valence electrons. The number of likely N-dealkylation sites (tertiary alicyclic amines) is 1. The van der Waals surface area contributed by atoms with Crippen LogP contribution in [0.25, 0.3) is 10.9 Å². The predicted molar refractivity (Wildman–Crippen MR) is 117 cm³/mol. The van der Waals surface area contributed by atoms with Gasteiger partial charge in [0.25, 0.3) is 0 Å². The second kappa shape index (κ2) is 7.72. The van der Waals surface area contributed by atoms with Gasteiger partial charge in [-0.05, 0) is 51.2 Å². The molecule has 1 saturated heterocycles. The van der Waals surface area contributed by atoms with Crippen molar-refractivity contribution in [1.82, 2.24) is 9.47 Å². The van der Waals surface area contributed by atoms with E-state index in [-0.39, 0.29) is 17.8 Å². The number of hydrogen-bond acceptors (Lipinski definition) is 5. The van der Waals surface area contributed by atoms with E-state index in [1.54, 1.807) is 12.1 Å². The minimum absolute atomic E-state index is 0.0892. The normalized spacial score (nSPS) is 16.4. The highest BCUT2D eigenvalue weighted by Gasteiger charge is 2.25. The number of nitrogen functional groups attached to an aromatic ring is 1. The molecule has 0 bridgehead atoms. The number of carbonyl (C=O) groups excluding carboxylic acids is 1. The van der Waals surface area contributed by atoms with Crippen molar-refractivity contribution in [2.24, 2.45) is 4.99 Å². The van der Waals surface area contributed by atoms with Gasteiger partial charge in [-0.2, -0.15) is 0 Å². The van der Waals surface area contributed by atoms with Crippen molar-refractivity contribution in [3.8, 4) is 5.88 Å². The highest BCUT2D eigenvalue weighted by Crippen LogP contribution is 2.35. The molecule has 3 aromatic rings. The van der Waals surface area contributed by atoms with Gasteiger partial charge in [0, 0.05) is 23.6 Å². The molecule has 6 heteroatoms. The standard InChI is InChI=1S/C23H26N4O2/c1-15(28)27-20-14-17(24)8-9-19(20)21(23(27)29)22(16-6-4-3-5-7-16)25-18-10-12-26(2)13-11-18/h3-9,14,18,29H,10-13,24H2,1-2H3. The van der Waals surface area contributed by atoms with Crippen LogP contribution in [0.3, 0.4) is 0 Å². The molecule has 1 aliphatic rings. The van der Waals surface area contributed by atoms with Gasteiger partial charge in [-0.15, -0.1) is 0 Å². The lowest BCUT2D eigenvalue weighted by atomic mass is 9.99. The average molecular weight is 390 g/mol. The molecule has 0 amide bonds. The summed E-state index contributed by atoms with van der Waals surface area (Å²) in [5.41, 5.74) is 9.31. The molecule has 1 aliphatic heterocycles. The summed E-state index contributed by atoms with van der Waals surface area (Å²) in [6.45, 7) is 3.42. The summed E-state index contributed by atoms with van der Waals surface area (Å²) in [7, 11) is 2.12. The Bertz CT molecular complexity index is 1080. The third-order valence-electron chi connectivity index (χ3n) is 5.57. The lowest BCUT2D eigenvalue weighted by molar-refractivity contribution is 0.0933. The zero-order valence-corrected chi connectivity index (χ0v) is 16.8. The van der Waals surface area contributed by atoms with E-state index in [0.717, 1.165) is 36.9 Å². The van der Waals surface area contributed by atoms with Crippen LogP contribution < -0.4 is 5.73 Å². The van der Waals surface area contributed by atoms with Gasteiger partial charge in [0.15, 0.2) is 0 Å². The third-order valence-corrected chi connectivity index (χ3v) is 5.57. The Balaban J connectivity index is 1.95. The quantitative estimate of drug-likeness (QED) is 0.529. The molecule has 1 aromatic heterocycles. The van der Waals surface area contributed by atoms with E-state index < -0.39 is 0 Å². The molecular weight excluding hydrogens is 364 g/mol. The summed E-state index contributed by atoms with van der Waals surface area (Å²) in [6.07, 6.45) is 1.93. The van der Waals surface area contributed by atoms with Crippen LogP contribution in [-0.2, 0) is 0 Å². The SMILES string of the molecule is CC(=O)n1c(O)c(C(=NC2CCN(C)CC2)c2ccccc2)c2ccc(N)cc21. The van der Waals surface area contributed by atoms with Crippen LogP contribution in [0.1, 0.15) is 35.7 Å². The highest BCUT2D eigenvalue weighted by atomic mass is 16.3. The van der Waals surface area contributed by atoms with Gasteiger partial charge in [-0.25, -0.2) is 0 Å². The van der Waals surface area contributed by atoms with Crippen molar-refractivity contribution in [3.05, 3.63) is 59.7 Å². The minimum Gasteiger partial charge on any atom is -0.494 e. The number of aliphatic imine (C=N–C) groups is 1. The second-order valence-corrected chi connectivity index (χ2v) is 7.71. The maximum absolute atomic E-state index is 12.3. The van der Waals surface area contributed by atoms with Crippen LogP contribution in [0, 0.1) is 0 Å². The summed E-state index contributed by atoms with van der Waals surface area (Å²) < 4.78 is 1.31. The third kappa shape index (κ3) is 3.63. The fourth-order valence-electron chi connectivity index (χ4n) is 4.03. The van der Waals surface area contributed by atoms with E-state index in [1.807, 2.05) is 36.4 Å². The zero-order chi connectivity index (χ0) is 20.5. The van der Waals surface area contributed by atoms with Crippen molar-refractivity contribution in [2.45, 2.75) is 25.8 Å². The monoisotopic (exact) mass is 390 g/mol. The Morgan fingerprint density at radius 2 is 1.83 bits per heavy atom. The molecule has 0 aliphatic carbocycles. The molecule has 0 atom stereocenters. The molecule has 4 rings (SSSR count). The molecule has 6 nitrogen and oxygen atoms in total. The first-order chi connectivity index (χ1) is 14.0. The summed E-state index contributed by atoms with van der Waals surface area (Å²) >= 11 is 0. The van der Waals surface area contributed by atoms with Crippen LogP contribution >= 0.6 is 0 Å². The Hall–Kier alpha value is -3.12. The van der Waals surface area contributed by atoms with Crippen LogP contribution in [0.4, 0.5) is 5.69 Å². The van der Waals surface area contributed by atoms with Gasteiger partial charge in [0.05, 0.1) is 22.8 Å². The van der Waals surface area contributed by atoms with Gasteiger partial charge >= 0.3 is 0 Å². The fraction of sp³-hybridized carbons (Fsp3) is 0.304. The fourth-order valence-corrected chi connectivity index (χ4v) is 4.03. The molecule has 0 spiro atoms. The summed E-state index contributed by atoms with van der Waals surface area (Å²) in [5.74, 6) is -0.357.